The van der Waals surface area contributed by atoms with Gasteiger partial charge in [0.25, 0.3) is 0 Å². The molecule has 34 heavy (non-hydrogen) atoms. The van der Waals surface area contributed by atoms with E-state index in [9.17, 15) is 10.4 Å². The molecule has 4 heteroatoms. The van der Waals surface area contributed by atoms with Crippen molar-refractivity contribution in [3.05, 3.63) is 12.2 Å². The van der Waals surface area contributed by atoms with Gasteiger partial charge in [-0.3, -0.25) is 0 Å². The predicted molar refractivity (Wildman–Crippen MR) is 138 cm³/mol. The molecule has 4 nitrogen and oxygen atoms in total. The van der Waals surface area contributed by atoms with Crippen LogP contribution in [0.3, 0.4) is 0 Å². The second-order valence-corrected chi connectivity index (χ2v) is 14.4. The summed E-state index contributed by atoms with van der Waals surface area (Å²) in [5.41, 5.74) is 3.27. The summed E-state index contributed by atoms with van der Waals surface area (Å²) in [4.78, 5) is 0. The molecule has 0 heterocycles. The standard InChI is InChI=1S/C30H48N2O2/c1-19(2)20-10-15-30(18-31-33)17-16-28(6)21(25(20)30)8-9-23-27(5)13-12-24(32-34)26(3,4)22(27)11-14-29(23,28)7/h18,20-23,25,33-34H,1,8-17H2,2-7H3/b31-18+,32-24+/t20-,21-,22-,23+,25+,27-,28+,29+,30-/m0/s1. The van der Waals surface area contributed by atoms with Crippen LogP contribution in [-0.4, -0.2) is 22.3 Å². The lowest BCUT2D eigenvalue weighted by Crippen LogP contribution is -2.66. The Balaban J connectivity index is 1.56. The van der Waals surface area contributed by atoms with Gasteiger partial charge in [-0.2, -0.15) is 0 Å². The quantitative estimate of drug-likeness (QED) is 0.187. The van der Waals surface area contributed by atoms with Crippen LogP contribution in [0.25, 0.3) is 0 Å². The highest BCUT2D eigenvalue weighted by Crippen LogP contribution is 2.77. The van der Waals surface area contributed by atoms with E-state index in [1.165, 1.54) is 44.1 Å². The minimum Gasteiger partial charge on any atom is -0.411 e. The fourth-order valence-corrected chi connectivity index (χ4v) is 11.5. The minimum absolute atomic E-state index is 0.0311. The maximum atomic E-state index is 9.76. The largest absolute Gasteiger partial charge is 0.411 e. The van der Waals surface area contributed by atoms with Crippen molar-refractivity contribution in [2.75, 3.05) is 0 Å². The van der Waals surface area contributed by atoms with Crippen molar-refractivity contribution in [1.82, 2.24) is 0 Å². The molecule has 5 saturated carbocycles. The smallest absolute Gasteiger partial charge is 0.0630 e. The Morgan fingerprint density at radius 1 is 0.882 bits per heavy atom. The predicted octanol–water partition coefficient (Wildman–Crippen LogP) is 7.93. The van der Waals surface area contributed by atoms with Gasteiger partial charge >= 0.3 is 0 Å². The van der Waals surface area contributed by atoms with E-state index in [0.29, 0.717) is 45.8 Å². The van der Waals surface area contributed by atoms with E-state index in [1.807, 2.05) is 6.21 Å². The first-order valence-electron chi connectivity index (χ1n) is 14.0. The molecule has 9 atom stereocenters. The van der Waals surface area contributed by atoms with Gasteiger partial charge < -0.3 is 10.4 Å². The molecule has 0 bridgehead atoms. The Hall–Kier alpha value is -1.32. The molecule has 5 aliphatic rings. The van der Waals surface area contributed by atoms with Crippen LogP contribution in [0.2, 0.25) is 0 Å². The molecule has 5 aliphatic carbocycles. The van der Waals surface area contributed by atoms with Gasteiger partial charge in [-0.25, -0.2) is 0 Å². The number of rotatable bonds is 2. The summed E-state index contributed by atoms with van der Waals surface area (Å²) in [6, 6.07) is 0. The molecular formula is C30H48N2O2. The van der Waals surface area contributed by atoms with E-state index in [2.05, 4.69) is 58.4 Å². The molecule has 5 rings (SSSR count). The fourth-order valence-electron chi connectivity index (χ4n) is 11.5. The van der Waals surface area contributed by atoms with Gasteiger partial charge in [0.05, 0.1) is 11.9 Å². The summed E-state index contributed by atoms with van der Waals surface area (Å²) in [5.74, 6) is 3.06. The normalized spacial score (nSPS) is 53.1. The number of nitrogens with zero attached hydrogens (tertiary/aromatic N) is 2. The van der Waals surface area contributed by atoms with Crippen LogP contribution in [0.15, 0.2) is 22.5 Å². The van der Waals surface area contributed by atoms with Crippen molar-refractivity contribution in [2.45, 2.75) is 106 Å². The fraction of sp³-hybridized carbons (Fsp3) is 0.867. The van der Waals surface area contributed by atoms with Gasteiger partial charge in [0.2, 0.25) is 0 Å². The molecule has 0 aliphatic heterocycles. The summed E-state index contributed by atoms with van der Waals surface area (Å²) in [7, 11) is 0. The number of oxime groups is 2. The molecule has 2 N–H and O–H groups in total. The van der Waals surface area contributed by atoms with Gasteiger partial charge in [-0.05, 0) is 117 Å². The minimum atomic E-state index is -0.0311. The van der Waals surface area contributed by atoms with Crippen LogP contribution in [0.1, 0.15) is 106 Å². The summed E-state index contributed by atoms with van der Waals surface area (Å²) < 4.78 is 0. The zero-order chi connectivity index (χ0) is 24.7. The van der Waals surface area contributed by atoms with Crippen LogP contribution in [0, 0.1) is 56.7 Å². The number of fused-ring (bicyclic) bond motifs is 7. The Morgan fingerprint density at radius 2 is 1.62 bits per heavy atom. The summed E-state index contributed by atoms with van der Waals surface area (Å²) in [6.45, 7) is 19.2. The lowest BCUT2D eigenvalue weighted by atomic mass is 9.32. The molecule has 0 saturated heterocycles. The second-order valence-electron chi connectivity index (χ2n) is 14.4. The first kappa shape index (κ1) is 24.4. The van der Waals surface area contributed by atoms with E-state index in [-0.39, 0.29) is 10.8 Å². The Bertz CT molecular complexity index is 923. The third kappa shape index (κ3) is 2.83. The molecular weight excluding hydrogens is 420 g/mol. The molecule has 5 fully saturated rings. The van der Waals surface area contributed by atoms with Crippen molar-refractivity contribution < 1.29 is 10.4 Å². The monoisotopic (exact) mass is 468 g/mol. The van der Waals surface area contributed by atoms with Crippen molar-refractivity contribution >= 4 is 11.9 Å². The van der Waals surface area contributed by atoms with Gasteiger partial charge in [0.15, 0.2) is 0 Å². The third-order valence-electron chi connectivity index (χ3n) is 13.3. The van der Waals surface area contributed by atoms with E-state index in [4.69, 9.17) is 0 Å². The first-order chi connectivity index (χ1) is 15.9. The zero-order valence-corrected chi connectivity index (χ0v) is 22.5. The maximum Gasteiger partial charge on any atom is 0.0630 e. The average Bonchev–Trinajstić information content (AvgIpc) is 3.14. The van der Waals surface area contributed by atoms with Crippen LogP contribution >= 0.6 is 0 Å². The molecule has 190 valence electrons. The molecule has 0 aromatic rings. The number of allylic oxidation sites excluding steroid dienone is 1. The summed E-state index contributed by atoms with van der Waals surface area (Å²) in [5, 5.41) is 26.9. The lowest BCUT2D eigenvalue weighted by molar-refractivity contribution is -0.222. The van der Waals surface area contributed by atoms with E-state index < -0.39 is 0 Å². The Kier molecular flexibility index (Phi) is 5.44. The van der Waals surface area contributed by atoms with E-state index in [1.54, 1.807) is 0 Å². The van der Waals surface area contributed by atoms with Crippen LogP contribution in [-0.2, 0) is 0 Å². The van der Waals surface area contributed by atoms with Crippen LogP contribution < -0.4 is 0 Å². The van der Waals surface area contributed by atoms with E-state index >= 15 is 0 Å². The molecule has 0 aromatic carbocycles. The topological polar surface area (TPSA) is 65.2 Å². The SMILES string of the molecule is C=C(C)[C@@H]1CC[C@@]2(/C=N/O)CC[C@]3(C)[C@@H](CC[C@@H]4[C@@]5(C)CC/C(=N\O)C(C)(C)[C@@H]5CC[C@]43C)[C@@H]12. The van der Waals surface area contributed by atoms with Crippen LogP contribution in [0.4, 0.5) is 0 Å². The van der Waals surface area contributed by atoms with Gasteiger partial charge in [-0.15, -0.1) is 5.16 Å². The average molecular weight is 469 g/mol. The summed E-state index contributed by atoms with van der Waals surface area (Å²) >= 11 is 0. The second kappa shape index (κ2) is 7.59. The van der Waals surface area contributed by atoms with Crippen molar-refractivity contribution in [1.29, 1.82) is 0 Å². The Labute approximate surface area is 207 Å². The van der Waals surface area contributed by atoms with Crippen LogP contribution in [0.5, 0.6) is 0 Å². The highest BCUT2D eigenvalue weighted by atomic mass is 16.4. The van der Waals surface area contributed by atoms with Gasteiger partial charge in [0.1, 0.15) is 0 Å². The first-order valence-corrected chi connectivity index (χ1v) is 14.0. The van der Waals surface area contributed by atoms with Crippen molar-refractivity contribution in [2.24, 2.45) is 67.0 Å². The number of hydrogen-bond acceptors (Lipinski definition) is 4. The maximum absolute atomic E-state index is 9.76. The molecule has 0 radical (unpaired) electrons. The summed E-state index contributed by atoms with van der Waals surface area (Å²) in [6.07, 6.45) is 13.8. The van der Waals surface area contributed by atoms with Gasteiger partial charge in [0, 0.05) is 10.8 Å². The van der Waals surface area contributed by atoms with Crippen molar-refractivity contribution in [3.8, 4) is 0 Å². The lowest BCUT2D eigenvalue weighted by Gasteiger charge is -2.72. The highest BCUT2D eigenvalue weighted by Gasteiger charge is 2.70. The van der Waals surface area contributed by atoms with Gasteiger partial charge in [-0.1, -0.05) is 51.9 Å². The third-order valence-corrected chi connectivity index (χ3v) is 13.3. The van der Waals surface area contributed by atoms with Crippen molar-refractivity contribution in [3.63, 3.8) is 0 Å². The number of hydrogen-bond donors (Lipinski definition) is 2. The molecule has 0 spiro atoms. The Morgan fingerprint density at radius 3 is 2.26 bits per heavy atom. The molecule has 0 aromatic heterocycles. The highest BCUT2D eigenvalue weighted by molar-refractivity contribution is 5.90. The van der Waals surface area contributed by atoms with E-state index in [0.717, 1.165) is 31.4 Å². The molecule has 0 amide bonds. The zero-order valence-electron chi connectivity index (χ0n) is 22.5. The molecule has 0 unspecified atom stereocenters.